The summed E-state index contributed by atoms with van der Waals surface area (Å²) in [5.74, 6) is 0. The highest BCUT2D eigenvalue weighted by Gasteiger charge is 2.07. The Hall–Kier alpha value is -1.77. The molecule has 0 saturated carbocycles. The standard InChI is InChI=1S/C12H15N3/c1-8-4-5-9(2)12(6-8)15-10(3)11(13)7-14-15/h4-7H,13H2,1-3H3. The molecule has 1 aromatic carbocycles. The van der Waals surface area contributed by atoms with Crippen molar-refractivity contribution in [1.29, 1.82) is 0 Å². The summed E-state index contributed by atoms with van der Waals surface area (Å²) in [5.41, 5.74) is 11.0. The topological polar surface area (TPSA) is 43.8 Å². The van der Waals surface area contributed by atoms with Crippen molar-refractivity contribution in [2.45, 2.75) is 20.8 Å². The molecule has 0 unspecified atom stereocenters. The van der Waals surface area contributed by atoms with E-state index < -0.39 is 0 Å². The molecule has 0 amide bonds. The van der Waals surface area contributed by atoms with Gasteiger partial charge in [-0.3, -0.25) is 0 Å². The van der Waals surface area contributed by atoms with Gasteiger partial charge in [-0.2, -0.15) is 5.10 Å². The second-order valence-corrected chi connectivity index (χ2v) is 3.89. The van der Waals surface area contributed by atoms with E-state index in [0.29, 0.717) is 0 Å². The summed E-state index contributed by atoms with van der Waals surface area (Å²) in [5, 5.41) is 4.28. The molecular formula is C12H15N3. The normalized spacial score (nSPS) is 10.6. The third-order valence-corrected chi connectivity index (χ3v) is 2.64. The maximum absolute atomic E-state index is 5.78. The molecular weight excluding hydrogens is 186 g/mol. The number of nitrogen functional groups attached to an aromatic ring is 1. The van der Waals surface area contributed by atoms with Crippen molar-refractivity contribution in [2.24, 2.45) is 0 Å². The Morgan fingerprint density at radius 1 is 1.20 bits per heavy atom. The minimum absolute atomic E-state index is 0.732. The quantitative estimate of drug-likeness (QED) is 0.769. The number of nitrogens with two attached hydrogens (primary N) is 1. The summed E-state index contributed by atoms with van der Waals surface area (Å²) in [7, 11) is 0. The Morgan fingerprint density at radius 2 is 1.93 bits per heavy atom. The van der Waals surface area contributed by atoms with Crippen LogP contribution < -0.4 is 5.73 Å². The molecule has 0 saturated heterocycles. The largest absolute Gasteiger partial charge is 0.396 e. The van der Waals surface area contributed by atoms with E-state index in [2.05, 4.69) is 37.1 Å². The molecule has 78 valence electrons. The Balaban J connectivity index is 2.63. The van der Waals surface area contributed by atoms with Crippen LogP contribution in [0.25, 0.3) is 5.69 Å². The van der Waals surface area contributed by atoms with Crippen molar-refractivity contribution >= 4 is 5.69 Å². The van der Waals surface area contributed by atoms with Crippen LogP contribution in [0, 0.1) is 20.8 Å². The van der Waals surface area contributed by atoms with Crippen LogP contribution in [0.15, 0.2) is 24.4 Å². The molecule has 0 aliphatic heterocycles. The zero-order valence-electron chi connectivity index (χ0n) is 9.28. The van der Waals surface area contributed by atoms with Crippen molar-refractivity contribution < 1.29 is 0 Å². The van der Waals surface area contributed by atoms with E-state index >= 15 is 0 Å². The van der Waals surface area contributed by atoms with E-state index in [1.54, 1.807) is 6.20 Å². The first kappa shape index (κ1) is 9.77. The van der Waals surface area contributed by atoms with Gasteiger partial charge in [0.2, 0.25) is 0 Å². The SMILES string of the molecule is Cc1ccc(C)c(-n2ncc(N)c2C)c1. The average Bonchev–Trinajstić information content (AvgIpc) is 2.52. The van der Waals surface area contributed by atoms with Gasteiger partial charge in [-0.05, 0) is 38.0 Å². The molecule has 3 nitrogen and oxygen atoms in total. The lowest BCUT2D eigenvalue weighted by atomic mass is 10.1. The lowest BCUT2D eigenvalue weighted by Crippen LogP contribution is -2.02. The number of anilines is 1. The van der Waals surface area contributed by atoms with Crippen molar-refractivity contribution in [1.82, 2.24) is 9.78 Å². The van der Waals surface area contributed by atoms with Crippen molar-refractivity contribution in [3.8, 4) is 5.69 Å². The molecule has 0 atom stereocenters. The third kappa shape index (κ3) is 1.61. The summed E-state index contributed by atoms with van der Waals surface area (Å²) in [6.07, 6.45) is 1.69. The predicted octanol–water partition coefficient (Wildman–Crippen LogP) is 2.38. The van der Waals surface area contributed by atoms with E-state index in [-0.39, 0.29) is 0 Å². The molecule has 0 aliphatic carbocycles. The molecule has 3 heteroatoms. The minimum atomic E-state index is 0.732. The summed E-state index contributed by atoms with van der Waals surface area (Å²) in [6, 6.07) is 6.32. The van der Waals surface area contributed by atoms with Gasteiger partial charge in [-0.1, -0.05) is 12.1 Å². The van der Waals surface area contributed by atoms with E-state index in [1.165, 1.54) is 11.1 Å². The Labute approximate surface area is 89.5 Å². The first-order valence-electron chi connectivity index (χ1n) is 4.97. The van der Waals surface area contributed by atoms with E-state index in [0.717, 1.165) is 17.1 Å². The van der Waals surface area contributed by atoms with Gasteiger partial charge in [0.1, 0.15) is 0 Å². The zero-order valence-corrected chi connectivity index (χ0v) is 9.28. The second-order valence-electron chi connectivity index (χ2n) is 3.89. The van der Waals surface area contributed by atoms with Gasteiger partial charge in [0.15, 0.2) is 0 Å². The average molecular weight is 201 g/mol. The molecule has 1 aromatic heterocycles. The molecule has 0 fully saturated rings. The van der Waals surface area contributed by atoms with Gasteiger partial charge in [-0.15, -0.1) is 0 Å². The van der Waals surface area contributed by atoms with Crippen molar-refractivity contribution in [2.75, 3.05) is 5.73 Å². The highest BCUT2D eigenvalue weighted by Crippen LogP contribution is 2.19. The Morgan fingerprint density at radius 3 is 2.53 bits per heavy atom. The maximum atomic E-state index is 5.78. The molecule has 2 aromatic rings. The molecule has 1 heterocycles. The highest BCUT2D eigenvalue weighted by molar-refractivity contribution is 5.49. The van der Waals surface area contributed by atoms with Crippen LogP contribution in [0.1, 0.15) is 16.8 Å². The van der Waals surface area contributed by atoms with E-state index in [4.69, 9.17) is 5.73 Å². The molecule has 15 heavy (non-hydrogen) atoms. The van der Waals surface area contributed by atoms with Crippen LogP contribution in [0.2, 0.25) is 0 Å². The van der Waals surface area contributed by atoms with Crippen LogP contribution in [0.5, 0.6) is 0 Å². The molecule has 0 radical (unpaired) electrons. The van der Waals surface area contributed by atoms with Crippen molar-refractivity contribution in [3.05, 3.63) is 41.2 Å². The number of aryl methyl sites for hydroxylation is 2. The number of rotatable bonds is 1. The summed E-state index contributed by atoms with van der Waals surface area (Å²) in [6.45, 7) is 6.13. The molecule has 2 rings (SSSR count). The monoisotopic (exact) mass is 201 g/mol. The van der Waals surface area contributed by atoms with Crippen LogP contribution in [-0.2, 0) is 0 Å². The van der Waals surface area contributed by atoms with E-state index in [1.807, 2.05) is 11.6 Å². The van der Waals surface area contributed by atoms with Crippen LogP contribution in [0.4, 0.5) is 5.69 Å². The number of aromatic nitrogens is 2. The van der Waals surface area contributed by atoms with Gasteiger partial charge in [0.05, 0.1) is 23.3 Å². The van der Waals surface area contributed by atoms with Crippen LogP contribution >= 0.6 is 0 Å². The van der Waals surface area contributed by atoms with Gasteiger partial charge in [-0.25, -0.2) is 4.68 Å². The molecule has 0 bridgehead atoms. The minimum Gasteiger partial charge on any atom is -0.396 e. The summed E-state index contributed by atoms with van der Waals surface area (Å²) >= 11 is 0. The van der Waals surface area contributed by atoms with Gasteiger partial charge < -0.3 is 5.73 Å². The van der Waals surface area contributed by atoms with Gasteiger partial charge in [0.25, 0.3) is 0 Å². The first-order chi connectivity index (χ1) is 7.09. The Bertz CT molecular complexity index is 498. The first-order valence-corrected chi connectivity index (χ1v) is 4.97. The van der Waals surface area contributed by atoms with Crippen molar-refractivity contribution in [3.63, 3.8) is 0 Å². The van der Waals surface area contributed by atoms with Gasteiger partial charge >= 0.3 is 0 Å². The third-order valence-electron chi connectivity index (χ3n) is 2.64. The molecule has 0 spiro atoms. The fourth-order valence-electron chi connectivity index (χ4n) is 1.61. The fraction of sp³-hybridized carbons (Fsp3) is 0.250. The highest BCUT2D eigenvalue weighted by atomic mass is 15.3. The maximum Gasteiger partial charge on any atom is 0.0734 e. The lowest BCUT2D eigenvalue weighted by molar-refractivity contribution is 0.839. The number of hydrogen-bond acceptors (Lipinski definition) is 2. The number of benzene rings is 1. The Kier molecular flexibility index (Phi) is 2.23. The number of nitrogens with zero attached hydrogens (tertiary/aromatic N) is 2. The predicted molar refractivity (Wildman–Crippen MR) is 62.2 cm³/mol. The fourth-order valence-corrected chi connectivity index (χ4v) is 1.61. The summed E-state index contributed by atoms with van der Waals surface area (Å²) in [4.78, 5) is 0. The van der Waals surface area contributed by atoms with E-state index in [9.17, 15) is 0 Å². The van der Waals surface area contributed by atoms with Crippen LogP contribution in [-0.4, -0.2) is 9.78 Å². The lowest BCUT2D eigenvalue weighted by Gasteiger charge is -2.09. The zero-order chi connectivity index (χ0) is 11.0. The smallest absolute Gasteiger partial charge is 0.0734 e. The molecule has 2 N–H and O–H groups in total. The van der Waals surface area contributed by atoms with Crippen LogP contribution in [0.3, 0.4) is 0 Å². The number of hydrogen-bond donors (Lipinski definition) is 1. The molecule has 0 aliphatic rings. The van der Waals surface area contributed by atoms with Gasteiger partial charge in [0, 0.05) is 0 Å². The summed E-state index contributed by atoms with van der Waals surface area (Å²) < 4.78 is 1.89. The second kappa shape index (κ2) is 3.42.